The monoisotopic (exact) mass is 302 g/mol. The number of hydrogen-bond donors (Lipinski definition) is 3. The lowest BCUT2D eigenvalue weighted by atomic mass is 10.1. The van der Waals surface area contributed by atoms with E-state index >= 15 is 0 Å². The van der Waals surface area contributed by atoms with E-state index in [0.717, 1.165) is 12.1 Å². The van der Waals surface area contributed by atoms with Crippen molar-refractivity contribution < 1.29 is 28.2 Å². The molecule has 1 aromatic rings. The third-order valence-electron chi connectivity index (χ3n) is 2.47. The molecule has 1 unspecified atom stereocenters. The highest BCUT2D eigenvalue weighted by molar-refractivity contribution is 6.39. The van der Waals surface area contributed by atoms with Crippen LogP contribution in [0.2, 0.25) is 0 Å². The Balaban J connectivity index is 2.57. The smallest absolute Gasteiger partial charge is 0.313 e. The number of carbonyl (C=O) groups excluding carboxylic acids is 2. The van der Waals surface area contributed by atoms with Crippen LogP contribution in [0.4, 0.5) is 14.5 Å². The molecule has 8 heteroatoms. The number of halogens is 2. The Morgan fingerprint density at radius 2 is 2.00 bits per heavy atom. The van der Waals surface area contributed by atoms with E-state index in [4.69, 9.17) is 4.74 Å². The van der Waals surface area contributed by atoms with Crippen molar-refractivity contribution >= 4 is 17.5 Å². The van der Waals surface area contributed by atoms with Crippen molar-refractivity contribution in [1.29, 1.82) is 0 Å². The lowest BCUT2D eigenvalue weighted by Crippen LogP contribution is -2.46. The molecule has 21 heavy (non-hydrogen) atoms. The van der Waals surface area contributed by atoms with E-state index in [-0.39, 0.29) is 18.8 Å². The van der Waals surface area contributed by atoms with Gasteiger partial charge in [-0.1, -0.05) is 0 Å². The zero-order chi connectivity index (χ0) is 16.0. The molecule has 6 nitrogen and oxygen atoms in total. The number of anilines is 1. The van der Waals surface area contributed by atoms with Gasteiger partial charge in [-0.2, -0.15) is 0 Å². The Labute approximate surface area is 120 Å². The van der Waals surface area contributed by atoms with Gasteiger partial charge in [-0.3, -0.25) is 9.59 Å². The average molecular weight is 302 g/mol. The van der Waals surface area contributed by atoms with Gasteiger partial charge in [0.1, 0.15) is 17.2 Å². The summed E-state index contributed by atoms with van der Waals surface area (Å²) in [6.07, 6.45) is 0. The molecule has 0 saturated heterocycles. The summed E-state index contributed by atoms with van der Waals surface area (Å²) in [5.41, 5.74) is -1.66. The SMILES string of the molecule is COCC(C)(O)CNC(=O)C(=O)Nc1ccc(F)cc1F. The number of amides is 2. The summed E-state index contributed by atoms with van der Waals surface area (Å²) in [6, 6.07) is 2.52. The van der Waals surface area contributed by atoms with E-state index in [1.54, 1.807) is 0 Å². The Morgan fingerprint density at radius 3 is 2.57 bits per heavy atom. The molecule has 0 fully saturated rings. The number of ether oxygens (including phenoxy) is 1. The lowest BCUT2D eigenvalue weighted by molar-refractivity contribution is -0.137. The summed E-state index contributed by atoms with van der Waals surface area (Å²) in [5, 5.41) is 13.9. The Bertz CT molecular complexity index is 535. The van der Waals surface area contributed by atoms with Gasteiger partial charge >= 0.3 is 11.8 Å². The number of nitrogens with one attached hydrogen (secondary N) is 2. The number of carbonyl (C=O) groups is 2. The maximum atomic E-state index is 13.3. The summed E-state index contributed by atoms with van der Waals surface area (Å²) >= 11 is 0. The van der Waals surface area contributed by atoms with Crippen molar-refractivity contribution in [2.75, 3.05) is 25.6 Å². The number of aliphatic hydroxyl groups is 1. The van der Waals surface area contributed by atoms with Crippen LogP contribution in [-0.4, -0.2) is 42.8 Å². The van der Waals surface area contributed by atoms with Gasteiger partial charge in [0, 0.05) is 19.7 Å². The molecular formula is C13H16F2N2O4. The molecule has 0 aliphatic carbocycles. The fourth-order valence-electron chi connectivity index (χ4n) is 1.48. The highest BCUT2D eigenvalue weighted by Gasteiger charge is 2.23. The molecule has 3 N–H and O–H groups in total. The number of benzene rings is 1. The van der Waals surface area contributed by atoms with Crippen molar-refractivity contribution in [2.24, 2.45) is 0 Å². The average Bonchev–Trinajstić information content (AvgIpc) is 2.39. The minimum absolute atomic E-state index is 0.0402. The normalized spacial score (nSPS) is 13.4. The molecule has 2 amide bonds. The quantitative estimate of drug-likeness (QED) is 0.688. The van der Waals surface area contributed by atoms with Crippen LogP contribution in [0, 0.1) is 11.6 Å². The summed E-state index contributed by atoms with van der Waals surface area (Å²) in [5.74, 6) is -3.99. The number of methoxy groups -OCH3 is 1. The van der Waals surface area contributed by atoms with Gasteiger partial charge in [0.15, 0.2) is 0 Å². The molecule has 1 aromatic carbocycles. The van der Waals surface area contributed by atoms with Crippen molar-refractivity contribution in [2.45, 2.75) is 12.5 Å². The molecule has 0 radical (unpaired) electrons. The van der Waals surface area contributed by atoms with Crippen LogP contribution in [0.1, 0.15) is 6.92 Å². The summed E-state index contributed by atoms with van der Waals surface area (Å²) in [6.45, 7) is 1.15. The number of rotatable bonds is 5. The first-order valence-corrected chi connectivity index (χ1v) is 6.01. The zero-order valence-electron chi connectivity index (χ0n) is 11.6. The van der Waals surface area contributed by atoms with Crippen molar-refractivity contribution in [3.8, 4) is 0 Å². The molecular weight excluding hydrogens is 286 g/mol. The number of hydrogen-bond acceptors (Lipinski definition) is 4. The summed E-state index contributed by atoms with van der Waals surface area (Å²) in [4.78, 5) is 23.0. The Morgan fingerprint density at radius 1 is 1.33 bits per heavy atom. The second-order valence-electron chi connectivity index (χ2n) is 4.69. The fraction of sp³-hybridized carbons (Fsp3) is 0.385. The largest absolute Gasteiger partial charge is 0.386 e. The zero-order valence-corrected chi connectivity index (χ0v) is 11.6. The van der Waals surface area contributed by atoms with Crippen LogP contribution in [0.15, 0.2) is 18.2 Å². The molecule has 0 saturated carbocycles. The fourth-order valence-corrected chi connectivity index (χ4v) is 1.48. The maximum Gasteiger partial charge on any atom is 0.313 e. The van der Waals surface area contributed by atoms with Crippen LogP contribution < -0.4 is 10.6 Å². The van der Waals surface area contributed by atoms with Gasteiger partial charge in [0.2, 0.25) is 0 Å². The third kappa shape index (κ3) is 5.44. The highest BCUT2D eigenvalue weighted by Crippen LogP contribution is 2.14. The molecule has 1 rings (SSSR count). The van der Waals surface area contributed by atoms with Crippen LogP contribution >= 0.6 is 0 Å². The minimum atomic E-state index is -1.34. The molecule has 0 bridgehead atoms. The Hall–Kier alpha value is -2.06. The van der Waals surface area contributed by atoms with Crippen LogP contribution in [-0.2, 0) is 14.3 Å². The molecule has 0 aromatic heterocycles. The molecule has 0 aliphatic rings. The van der Waals surface area contributed by atoms with Gasteiger partial charge in [0.05, 0.1) is 12.3 Å². The molecule has 116 valence electrons. The molecule has 0 aliphatic heterocycles. The van der Waals surface area contributed by atoms with E-state index in [2.05, 4.69) is 5.32 Å². The predicted octanol–water partition coefficient (Wildman–Crippen LogP) is 0.417. The van der Waals surface area contributed by atoms with Crippen molar-refractivity contribution in [3.05, 3.63) is 29.8 Å². The van der Waals surface area contributed by atoms with E-state index in [1.165, 1.54) is 14.0 Å². The van der Waals surface area contributed by atoms with E-state index in [1.807, 2.05) is 5.32 Å². The van der Waals surface area contributed by atoms with Gasteiger partial charge in [-0.15, -0.1) is 0 Å². The van der Waals surface area contributed by atoms with Crippen LogP contribution in [0.3, 0.4) is 0 Å². The molecule has 0 heterocycles. The summed E-state index contributed by atoms with van der Waals surface area (Å²) < 4.78 is 30.7. The Kier molecular flexibility index (Phi) is 5.74. The first-order chi connectivity index (χ1) is 9.75. The standard InChI is InChI=1S/C13H16F2N2O4/c1-13(20,7-21-2)6-16-11(18)12(19)17-10-4-3-8(14)5-9(10)15/h3-5,20H,6-7H2,1-2H3,(H,16,18)(H,17,19). The van der Waals surface area contributed by atoms with Crippen LogP contribution in [0.5, 0.6) is 0 Å². The van der Waals surface area contributed by atoms with Crippen molar-refractivity contribution in [1.82, 2.24) is 5.32 Å². The highest BCUT2D eigenvalue weighted by atomic mass is 19.1. The van der Waals surface area contributed by atoms with Gasteiger partial charge in [-0.05, 0) is 19.1 Å². The van der Waals surface area contributed by atoms with Gasteiger partial charge in [-0.25, -0.2) is 8.78 Å². The first-order valence-electron chi connectivity index (χ1n) is 6.01. The van der Waals surface area contributed by atoms with E-state index in [9.17, 15) is 23.5 Å². The summed E-state index contributed by atoms with van der Waals surface area (Å²) in [7, 11) is 1.38. The van der Waals surface area contributed by atoms with E-state index in [0.29, 0.717) is 6.07 Å². The minimum Gasteiger partial charge on any atom is -0.386 e. The maximum absolute atomic E-state index is 13.3. The topological polar surface area (TPSA) is 87.7 Å². The lowest BCUT2D eigenvalue weighted by Gasteiger charge is -2.22. The van der Waals surface area contributed by atoms with E-state index < -0.39 is 29.0 Å². The second-order valence-corrected chi connectivity index (χ2v) is 4.69. The van der Waals surface area contributed by atoms with Gasteiger partial charge < -0.3 is 20.5 Å². The second kappa shape index (κ2) is 7.09. The molecule has 0 spiro atoms. The molecule has 1 atom stereocenters. The van der Waals surface area contributed by atoms with Crippen LogP contribution in [0.25, 0.3) is 0 Å². The van der Waals surface area contributed by atoms with Gasteiger partial charge in [0.25, 0.3) is 0 Å². The third-order valence-corrected chi connectivity index (χ3v) is 2.47. The first kappa shape index (κ1) is 17.0. The van der Waals surface area contributed by atoms with Crippen molar-refractivity contribution in [3.63, 3.8) is 0 Å². The predicted molar refractivity (Wildman–Crippen MR) is 70.5 cm³/mol.